The van der Waals surface area contributed by atoms with Crippen LogP contribution >= 0.6 is 11.3 Å². The van der Waals surface area contributed by atoms with E-state index in [1.54, 1.807) is 36.4 Å². The fourth-order valence-corrected chi connectivity index (χ4v) is 4.28. The van der Waals surface area contributed by atoms with E-state index >= 15 is 0 Å². The molecule has 0 unspecified atom stereocenters. The first-order valence-corrected chi connectivity index (χ1v) is 9.89. The minimum Gasteiger partial charge on any atom is -0.279 e. The second-order valence-electron chi connectivity index (χ2n) is 5.72. The smallest absolute Gasteiger partial charge is 0.261 e. The Kier molecular flexibility index (Phi) is 4.62. The van der Waals surface area contributed by atoms with Gasteiger partial charge in [-0.05, 0) is 55.3 Å². The molecule has 3 rings (SSSR count). The number of nitriles is 1. The van der Waals surface area contributed by atoms with Crippen LogP contribution in [0, 0.1) is 25.2 Å². The summed E-state index contributed by atoms with van der Waals surface area (Å²) >= 11 is 1.38. The van der Waals surface area contributed by atoms with Gasteiger partial charge in [0.15, 0.2) is 0 Å². The van der Waals surface area contributed by atoms with Crippen molar-refractivity contribution in [2.75, 3.05) is 4.72 Å². The lowest BCUT2D eigenvalue weighted by molar-refractivity contribution is 0.601. The van der Waals surface area contributed by atoms with Crippen molar-refractivity contribution in [3.8, 4) is 16.5 Å². The van der Waals surface area contributed by atoms with Crippen molar-refractivity contribution in [1.82, 2.24) is 0 Å². The molecule has 1 heterocycles. The number of thiophene rings is 1. The van der Waals surface area contributed by atoms with Crippen molar-refractivity contribution < 1.29 is 8.42 Å². The highest BCUT2D eigenvalue weighted by Crippen LogP contribution is 2.31. The Morgan fingerprint density at radius 1 is 1.00 bits per heavy atom. The van der Waals surface area contributed by atoms with Gasteiger partial charge in [0.05, 0.1) is 10.6 Å². The van der Waals surface area contributed by atoms with Crippen LogP contribution in [0.2, 0.25) is 0 Å². The summed E-state index contributed by atoms with van der Waals surface area (Å²) in [5, 5.41) is 8.96. The molecule has 126 valence electrons. The van der Waals surface area contributed by atoms with Crippen LogP contribution in [-0.4, -0.2) is 8.42 Å². The van der Waals surface area contributed by atoms with Crippen molar-refractivity contribution in [1.29, 1.82) is 5.26 Å². The number of rotatable bonds is 4. The topological polar surface area (TPSA) is 70.0 Å². The third-order valence-electron chi connectivity index (χ3n) is 3.81. The molecule has 0 aliphatic rings. The summed E-state index contributed by atoms with van der Waals surface area (Å²) in [7, 11) is -3.65. The summed E-state index contributed by atoms with van der Waals surface area (Å²) in [6, 6.07) is 18.1. The fraction of sp³-hybridized carbons (Fsp3) is 0.105. The van der Waals surface area contributed by atoms with Gasteiger partial charge in [-0.1, -0.05) is 29.8 Å². The van der Waals surface area contributed by atoms with E-state index in [9.17, 15) is 8.42 Å². The summed E-state index contributed by atoms with van der Waals surface area (Å²) in [5.74, 6) is 0. The van der Waals surface area contributed by atoms with Crippen LogP contribution in [0.5, 0.6) is 0 Å². The lowest BCUT2D eigenvalue weighted by Gasteiger charge is -2.12. The van der Waals surface area contributed by atoms with Crippen molar-refractivity contribution in [3.63, 3.8) is 0 Å². The SMILES string of the molecule is Cc1ccc(S(=O)(=O)Nc2cc(-c3ccc(C#N)s3)ccc2C)cc1. The van der Waals surface area contributed by atoms with E-state index < -0.39 is 10.0 Å². The second kappa shape index (κ2) is 6.71. The maximum absolute atomic E-state index is 12.6. The van der Waals surface area contributed by atoms with E-state index in [0.29, 0.717) is 10.6 Å². The van der Waals surface area contributed by atoms with E-state index in [1.165, 1.54) is 11.3 Å². The van der Waals surface area contributed by atoms with Crippen molar-refractivity contribution in [3.05, 3.63) is 70.6 Å². The van der Waals surface area contributed by atoms with Crippen LogP contribution in [0.3, 0.4) is 0 Å². The van der Waals surface area contributed by atoms with Gasteiger partial charge in [0.1, 0.15) is 10.9 Å². The molecule has 25 heavy (non-hydrogen) atoms. The average Bonchev–Trinajstić information content (AvgIpc) is 3.06. The van der Waals surface area contributed by atoms with Gasteiger partial charge in [-0.2, -0.15) is 5.26 Å². The number of sulfonamides is 1. The van der Waals surface area contributed by atoms with Gasteiger partial charge in [-0.25, -0.2) is 8.42 Å². The van der Waals surface area contributed by atoms with Crippen molar-refractivity contribution >= 4 is 27.0 Å². The number of nitrogens with zero attached hydrogens (tertiary/aromatic N) is 1. The molecule has 0 aliphatic carbocycles. The largest absolute Gasteiger partial charge is 0.279 e. The minimum absolute atomic E-state index is 0.228. The molecule has 0 spiro atoms. The molecular weight excluding hydrogens is 352 g/mol. The summed E-state index contributed by atoms with van der Waals surface area (Å²) in [6.07, 6.45) is 0. The highest BCUT2D eigenvalue weighted by molar-refractivity contribution is 7.92. The molecule has 0 fully saturated rings. The predicted octanol–water partition coefficient (Wildman–Crippen LogP) is 4.70. The zero-order valence-corrected chi connectivity index (χ0v) is 15.4. The third kappa shape index (κ3) is 3.73. The van der Waals surface area contributed by atoms with Crippen LogP contribution in [-0.2, 0) is 10.0 Å². The van der Waals surface area contributed by atoms with Crippen molar-refractivity contribution in [2.24, 2.45) is 0 Å². The molecular formula is C19H16N2O2S2. The number of hydrogen-bond donors (Lipinski definition) is 1. The monoisotopic (exact) mass is 368 g/mol. The zero-order chi connectivity index (χ0) is 18.0. The lowest BCUT2D eigenvalue weighted by atomic mass is 10.1. The van der Waals surface area contributed by atoms with Gasteiger partial charge in [0.25, 0.3) is 10.0 Å². The number of aryl methyl sites for hydroxylation is 2. The van der Waals surface area contributed by atoms with Gasteiger partial charge < -0.3 is 0 Å². The number of hydrogen-bond acceptors (Lipinski definition) is 4. The predicted molar refractivity (Wildman–Crippen MR) is 101 cm³/mol. The molecule has 1 aromatic heterocycles. The van der Waals surface area contributed by atoms with E-state index in [2.05, 4.69) is 10.8 Å². The van der Waals surface area contributed by atoms with Crippen LogP contribution in [0.25, 0.3) is 10.4 Å². The maximum Gasteiger partial charge on any atom is 0.261 e. The molecule has 1 N–H and O–H groups in total. The number of benzene rings is 2. The van der Waals surface area contributed by atoms with Gasteiger partial charge in [-0.15, -0.1) is 11.3 Å². The normalized spacial score (nSPS) is 11.1. The standard InChI is InChI=1S/C19H16N2O2S2/c1-13-3-8-17(9-4-13)25(22,23)21-18-11-15(6-5-14(18)2)19-10-7-16(12-20)24-19/h3-11,21H,1-2H3. The summed E-state index contributed by atoms with van der Waals surface area (Å²) in [6.45, 7) is 3.76. The maximum atomic E-state index is 12.6. The van der Waals surface area contributed by atoms with Gasteiger partial charge in [0, 0.05) is 4.88 Å². The van der Waals surface area contributed by atoms with Gasteiger partial charge in [-0.3, -0.25) is 4.72 Å². The Labute approximate surface area is 151 Å². The first-order chi connectivity index (χ1) is 11.9. The van der Waals surface area contributed by atoms with Crippen LogP contribution in [0.4, 0.5) is 5.69 Å². The van der Waals surface area contributed by atoms with Crippen LogP contribution < -0.4 is 4.72 Å². The van der Waals surface area contributed by atoms with Gasteiger partial charge >= 0.3 is 0 Å². The average molecular weight is 368 g/mol. The summed E-state index contributed by atoms with van der Waals surface area (Å²) in [4.78, 5) is 1.77. The Hall–Kier alpha value is -2.62. The molecule has 4 nitrogen and oxygen atoms in total. The minimum atomic E-state index is -3.65. The number of nitrogens with one attached hydrogen (secondary N) is 1. The summed E-state index contributed by atoms with van der Waals surface area (Å²) in [5.41, 5.74) is 3.24. The first kappa shape index (κ1) is 17.2. The second-order valence-corrected chi connectivity index (χ2v) is 8.49. The summed E-state index contributed by atoms with van der Waals surface area (Å²) < 4.78 is 27.9. The molecule has 6 heteroatoms. The number of anilines is 1. The molecule has 0 saturated heterocycles. The lowest BCUT2D eigenvalue weighted by Crippen LogP contribution is -2.13. The Balaban J connectivity index is 1.95. The third-order valence-corrected chi connectivity index (χ3v) is 6.23. The Bertz CT molecular complexity index is 1060. The molecule has 0 aliphatic heterocycles. The van der Waals surface area contributed by atoms with E-state index in [0.717, 1.165) is 21.6 Å². The fourth-order valence-electron chi connectivity index (χ4n) is 2.36. The zero-order valence-electron chi connectivity index (χ0n) is 13.8. The molecule has 0 atom stereocenters. The van der Waals surface area contributed by atoms with Crippen LogP contribution in [0.15, 0.2) is 59.5 Å². The Morgan fingerprint density at radius 2 is 1.72 bits per heavy atom. The van der Waals surface area contributed by atoms with Gasteiger partial charge in [0.2, 0.25) is 0 Å². The molecule has 0 saturated carbocycles. The van der Waals surface area contributed by atoms with E-state index in [1.807, 2.05) is 32.0 Å². The van der Waals surface area contributed by atoms with Crippen molar-refractivity contribution in [2.45, 2.75) is 18.7 Å². The molecule has 0 bridgehead atoms. The quantitative estimate of drug-likeness (QED) is 0.725. The van der Waals surface area contributed by atoms with E-state index in [-0.39, 0.29) is 4.90 Å². The van der Waals surface area contributed by atoms with E-state index in [4.69, 9.17) is 5.26 Å². The first-order valence-electron chi connectivity index (χ1n) is 7.59. The molecule has 2 aromatic carbocycles. The Morgan fingerprint density at radius 3 is 2.36 bits per heavy atom. The highest BCUT2D eigenvalue weighted by atomic mass is 32.2. The van der Waals surface area contributed by atoms with Crippen LogP contribution in [0.1, 0.15) is 16.0 Å². The highest BCUT2D eigenvalue weighted by Gasteiger charge is 2.16. The molecule has 0 radical (unpaired) electrons. The molecule has 3 aromatic rings. The molecule has 0 amide bonds.